The first-order valence-electron chi connectivity index (χ1n) is 9.57. The van der Waals surface area contributed by atoms with Crippen molar-refractivity contribution >= 4 is 17.4 Å². The number of nitrogens with zero attached hydrogens (tertiary/aromatic N) is 2. The van der Waals surface area contributed by atoms with Crippen molar-refractivity contribution in [3.8, 4) is 0 Å². The summed E-state index contributed by atoms with van der Waals surface area (Å²) < 4.78 is 49.6. The molecule has 0 radical (unpaired) electrons. The molecular formula is C21H21F3N4O2. The fourth-order valence-corrected chi connectivity index (χ4v) is 3.47. The molecule has 158 valence electrons. The SMILES string of the molecule is C[C@]1(c2cccc(NC(=O)c3ccc(C4CC4)cn3)c2F)N=C(N)COCC1(F)F. The number of halogens is 3. The van der Waals surface area contributed by atoms with Crippen molar-refractivity contribution < 1.29 is 22.7 Å². The lowest BCUT2D eigenvalue weighted by atomic mass is 9.85. The summed E-state index contributed by atoms with van der Waals surface area (Å²) in [5.41, 5.74) is 3.87. The highest BCUT2D eigenvalue weighted by molar-refractivity contribution is 6.03. The molecule has 1 saturated carbocycles. The molecule has 0 bridgehead atoms. The molecule has 1 aromatic carbocycles. The van der Waals surface area contributed by atoms with Crippen LogP contribution in [0.15, 0.2) is 41.5 Å². The third-order valence-electron chi connectivity index (χ3n) is 5.45. The normalized spacial score (nSPS) is 23.4. The van der Waals surface area contributed by atoms with Crippen molar-refractivity contribution in [3.05, 3.63) is 59.2 Å². The Hall–Kier alpha value is -2.94. The number of hydrogen-bond acceptors (Lipinski definition) is 5. The lowest BCUT2D eigenvalue weighted by Gasteiger charge is -2.33. The third kappa shape index (κ3) is 3.65. The van der Waals surface area contributed by atoms with E-state index in [1.54, 1.807) is 12.3 Å². The van der Waals surface area contributed by atoms with Crippen LogP contribution in [-0.4, -0.2) is 35.9 Å². The Labute approximate surface area is 171 Å². The topological polar surface area (TPSA) is 89.6 Å². The lowest BCUT2D eigenvalue weighted by molar-refractivity contribution is -0.116. The van der Waals surface area contributed by atoms with E-state index in [4.69, 9.17) is 10.5 Å². The maximum Gasteiger partial charge on any atom is 0.299 e. The molecule has 9 heteroatoms. The van der Waals surface area contributed by atoms with Gasteiger partial charge in [0.25, 0.3) is 11.8 Å². The second kappa shape index (κ2) is 7.39. The second-order valence-corrected chi connectivity index (χ2v) is 7.74. The van der Waals surface area contributed by atoms with Gasteiger partial charge in [-0.1, -0.05) is 18.2 Å². The Morgan fingerprint density at radius 1 is 1.27 bits per heavy atom. The van der Waals surface area contributed by atoms with Crippen molar-refractivity contribution in [3.63, 3.8) is 0 Å². The summed E-state index contributed by atoms with van der Waals surface area (Å²) in [5, 5.41) is 2.41. The van der Waals surface area contributed by atoms with Crippen molar-refractivity contribution in [2.75, 3.05) is 18.5 Å². The summed E-state index contributed by atoms with van der Waals surface area (Å²) in [6.07, 6.45) is 3.84. The Morgan fingerprint density at radius 2 is 2.03 bits per heavy atom. The van der Waals surface area contributed by atoms with Gasteiger partial charge in [0, 0.05) is 11.8 Å². The van der Waals surface area contributed by atoms with Crippen LogP contribution >= 0.6 is 0 Å². The van der Waals surface area contributed by atoms with Gasteiger partial charge in [-0.25, -0.2) is 13.2 Å². The molecule has 3 N–H and O–H groups in total. The average Bonchev–Trinajstić information content (AvgIpc) is 3.54. The summed E-state index contributed by atoms with van der Waals surface area (Å²) in [4.78, 5) is 20.5. The average molecular weight is 418 g/mol. The van der Waals surface area contributed by atoms with E-state index in [-0.39, 0.29) is 23.8 Å². The first-order chi connectivity index (χ1) is 14.2. The number of carbonyl (C=O) groups is 1. The van der Waals surface area contributed by atoms with Gasteiger partial charge in [-0.15, -0.1) is 0 Å². The molecule has 2 aliphatic rings. The molecular weight excluding hydrogens is 397 g/mol. The van der Waals surface area contributed by atoms with Crippen LogP contribution in [0.2, 0.25) is 0 Å². The van der Waals surface area contributed by atoms with E-state index in [0.717, 1.165) is 25.3 Å². The number of hydrogen-bond donors (Lipinski definition) is 2. The van der Waals surface area contributed by atoms with Crippen LogP contribution in [0.3, 0.4) is 0 Å². The molecule has 1 aromatic heterocycles. The lowest BCUT2D eigenvalue weighted by Crippen LogP contribution is -2.45. The van der Waals surface area contributed by atoms with Gasteiger partial charge >= 0.3 is 0 Å². The molecule has 0 saturated heterocycles. The first-order valence-corrected chi connectivity index (χ1v) is 9.57. The maximum absolute atomic E-state index is 15.2. The van der Waals surface area contributed by atoms with Crippen molar-refractivity contribution in [2.45, 2.75) is 37.1 Å². The van der Waals surface area contributed by atoms with Crippen LogP contribution in [0.25, 0.3) is 0 Å². The minimum Gasteiger partial charge on any atom is -0.385 e. The Bertz CT molecular complexity index is 1010. The van der Waals surface area contributed by atoms with Crippen LogP contribution in [0.5, 0.6) is 0 Å². The van der Waals surface area contributed by atoms with Crippen LogP contribution in [0.1, 0.15) is 47.3 Å². The minimum atomic E-state index is -3.52. The molecule has 4 rings (SSSR count). The highest BCUT2D eigenvalue weighted by atomic mass is 19.3. The maximum atomic E-state index is 15.2. The van der Waals surface area contributed by atoms with Crippen molar-refractivity contribution in [1.29, 1.82) is 0 Å². The molecule has 1 aliphatic heterocycles. The van der Waals surface area contributed by atoms with E-state index in [2.05, 4.69) is 15.3 Å². The summed E-state index contributed by atoms with van der Waals surface area (Å²) >= 11 is 0. The van der Waals surface area contributed by atoms with E-state index in [1.807, 2.05) is 6.07 Å². The predicted octanol–water partition coefficient (Wildman–Crippen LogP) is 3.59. The third-order valence-corrected chi connectivity index (χ3v) is 5.45. The Balaban J connectivity index is 1.64. The number of anilines is 1. The van der Waals surface area contributed by atoms with E-state index in [9.17, 15) is 13.6 Å². The molecule has 30 heavy (non-hydrogen) atoms. The monoisotopic (exact) mass is 418 g/mol. The van der Waals surface area contributed by atoms with Gasteiger partial charge in [-0.05, 0) is 43.4 Å². The smallest absolute Gasteiger partial charge is 0.299 e. The molecule has 0 unspecified atom stereocenters. The zero-order valence-electron chi connectivity index (χ0n) is 16.3. The number of nitrogens with two attached hydrogens (primary N) is 1. The number of carbonyl (C=O) groups excluding carboxylic acids is 1. The van der Waals surface area contributed by atoms with Crippen LogP contribution < -0.4 is 11.1 Å². The van der Waals surface area contributed by atoms with Gasteiger partial charge < -0.3 is 15.8 Å². The van der Waals surface area contributed by atoms with E-state index in [1.165, 1.54) is 18.2 Å². The fourth-order valence-electron chi connectivity index (χ4n) is 3.47. The summed E-state index contributed by atoms with van der Waals surface area (Å²) in [6.45, 7) is -0.135. The zero-order valence-corrected chi connectivity index (χ0v) is 16.3. The number of amidine groups is 1. The Morgan fingerprint density at radius 3 is 2.70 bits per heavy atom. The summed E-state index contributed by atoms with van der Waals surface area (Å²) in [7, 11) is 0. The predicted molar refractivity (Wildman–Crippen MR) is 105 cm³/mol. The summed E-state index contributed by atoms with van der Waals surface area (Å²) in [6, 6.07) is 7.24. The second-order valence-electron chi connectivity index (χ2n) is 7.74. The molecule has 2 aromatic rings. The number of rotatable bonds is 4. The molecule has 2 heterocycles. The molecule has 0 spiro atoms. The van der Waals surface area contributed by atoms with E-state index in [0.29, 0.717) is 5.92 Å². The van der Waals surface area contributed by atoms with Crippen molar-refractivity contribution in [1.82, 2.24) is 4.98 Å². The van der Waals surface area contributed by atoms with Crippen LogP contribution in [-0.2, 0) is 10.3 Å². The molecule has 1 amide bonds. The minimum absolute atomic E-state index is 0.103. The number of nitrogens with one attached hydrogen (secondary N) is 1. The van der Waals surface area contributed by atoms with Gasteiger partial charge in [0.15, 0.2) is 11.4 Å². The van der Waals surface area contributed by atoms with Gasteiger partial charge in [-0.3, -0.25) is 14.8 Å². The Kier molecular flexibility index (Phi) is 5.01. The largest absolute Gasteiger partial charge is 0.385 e. The number of amides is 1. The van der Waals surface area contributed by atoms with Crippen molar-refractivity contribution in [2.24, 2.45) is 10.7 Å². The van der Waals surface area contributed by atoms with Crippen LogP contribution in [0.4, 0.5) is 18.9 Å². The molecule has 6 nitrogen and oxygen atoms in total. The van der Waals surface area contributed by atoms with Gasteiger partial charge in [-0.2, -0.15) is 0 Å². The quantitative estimate of drug-likeness (QED) is 0.794. The molecule has 1 atom stereocenters. The van der Waals surface area contributed by atoms with Crippen LogP contribution in [0, 0.1) is 5.82 Å². The van der Waals surface area contributed by atoms with E-state index >= 15 is 4.39 Å². The number of ether oxygens (including phenoxy) is 1. The summed E-state index contributed by atoms with van der Waals surface area (Å²) in [5.74, 6) is -4.85. The molecule has 1 aliphatic carbocycles. The number of alkyl halides is 2. The molecule has 1 fully saturated rings. The highest BCUT2D eigenvalue weighted by Crippen LogP contribution is 2.44. The number of pyridine rings is 1. The van der Waals surface area contributed by atoms with E-state index < -0.39 is 35.4 Å². The van der Waals surface area contributed by atoms with Gasteiger partial charge in [0.05, 0.1) is 5.69 Å². The number of aliphatic imine (C=N–C) groups is 1. The number of aromatic nitrogens is 1. The van der Waals surface area contributed by atoms with Gasteiger partial charge in [0.2, 0.25) is 0 Å². The highest BCUT2D eigenvalue weighted by Gasteiger charge is 2.54. The first kappa shape index (κ1) is 20.3. The number of benzene rings is 1. The fraction of sp³-hybridized carbons (Fsp3) is 0.381. The zero-order chi connectivity index (χ0) is 21.5. The van der Waals surface area contributed by atoms with Gasteiger partial charge in [0.1, 0.15) is 24.7 Å². The standard InChI is InChI=1S/C21H21F3N4O2/c1-20(21(23,24)11-30-10-17(25)28-20)14-3-2-4-15(18(14)22)27-19(29)16-8-7-13(9-26-16)12-5-6-12/h2-4,7-9,12H,5-6,10-11H2,1H3,(H2,25,28)(H,27,29)/t20-/m1/s1.